The summed E-state index contributed by atoms with van der Waals surface area (Å²) in [6.45, 7) is 0.614. The number of carbonyl (C=O) groups is 2. The molecule has 0 aromatic heterocycles. The summed E-state index contributed by atoms with van der Waals surface area (Å²) in [6, 6.07) is -0.740. The summed E-state index contributed by atoms with van der Waals surface area (Å²) >= 11 is 0. The Labute approximate surface area is 93.6 Å². The first kappa shape index (κ1) is 11.3. The smallest absolute Gasteiger partial charge is 0.245 e. The van der Waals surface area contributed by atoms with E-state index in [1.807, 2.05) is 0 Å². The van der Waals surface area contributed by atoms with Gasteiger partial charge >= 0.3 is 0 Å². The lowest BCUT2D eigenvalue weighted by atomic mass is 10.1. The summed E-state index contributed by atoms with van der Waals surface area (Å²) in [4.78, 5) is 24.5. The van der Waals surface area contributed by atoms with Crippen LogP contribution in [0.1, 0.15) is 12.8 Å². The van der Waals surface area contributed by atoms with Gasteiger partial charge in [0.2, 0.25) is 11.8 Å². The van der Waals surface area contributed by atoms with Crippen LogP contribution >= 0.6 is 0 Å². The summed E-state index contributed by atoms with van der Waals surface area (Å²) in [6.07, 6.45) is 0.297. The second-order valence-corrected chi connectivity index (χ2v) is 4.28. The standard InChI is InChI=1S/C10H16N2O4/c1-12(7-4-16-5-8(7)13)10(15)6-2-3-9(14)11-6/h6-8,13H,2-5H2,1H3,(H,11,14)/t6?,7-,8-/m1/s1. The Hall–Kier alpha value is -1.14. The van der Waals surface area contributed by atoms with Gasteiger partial charge in [0.15, 0.2) is 0 Å². The fraction of sp³-hybridized carbons (Fsp3) is 0.800. The number of hydrogen-bond donors (Lipinski definition) is 2. The van der Waals surface area contributed by atoms with Gasteiger partial charge in [-0.2, -0.15) is 0 Å². The van der Waals surface area contributed by atoms with Gasteiger partial charge < -0.3 is 20.1 Å². The SMILES string of the molecule is CN(C(=O)C1CCC(=O)N1)[C@@H]1COC[C@H]1O. The molecule has 2 N–H and O–H groups in total. The highest BCUT2D eigenvalue weighted by atomic mass is 16.5. The van der Waals surface area contributed by atoms with E-state index in [1.54, 1.807) is 7.05 Å². The number of ether oxygens (including phenoxy) is 1. The van der Waals surface area contributed by atoms with Gasteiger partial charge in [0.25, 0.3) is 0 Å². The Morgan fingerprint density at radius 3 is 2.81 bits per heavy atom. The molecule has 6 heteroatoms. The van der Waals surface area contributed by atoms with Crippen molar-refractivity contribution in [3.05, 3.63) is 0 Å². The Morgan fingerprint density at radius 1 is 1.56 bits per heavy atom. The number of aliphatic hydroxyl groups excluding tert-OH is 1. The molecule has 0 aromatic carbocycles. The summed E-state index contributed by atoms with van der Waals surface area (Å²) in [7, 11) is 1.63. The first-order chi connectivity index (χ1) is 7.59. The molecule has 0 aliphatic carbocycles. The molecular formula is C10H16N2O4. The van der Waals surface area contributed by atoms with Crippen LogP contribution in [0.15, 0.2) is 0 Å². The Morgan fingerprint density at radius 2 is 2.31 bits per heavy atom. The average Bonchev–Trinajstić information content (AvgIpc) is 2.85. The fourth-order valence-electron chi connectivity index (χ4n) is 2.11. The topological polar surface area (TPSA) is 78.9 Å². The van der Waals surface area contributed by atoms with E-state index >= 15 is 0 Å². The minimum atomic E-state index is -0.633. The maximum atomic E-state index is 12.0. The minimum absolute atomic E-state index is 0.0880. The highest BCUT2D eigenvalue weighted by Crippen LogP contribution is 2.16. The molecule has 2 heterocycles. The molecule has 3 atom stereocenters. The van der Waals surface area contributed by atoms with Crippen LogP contribution in [-0.4, -0.2) is 60.3 Å². The first-order valence-electron chi connectivity index (χ1n) is 5.41. The van der Waals surface area contributed by atoms with Crippen molar-refractivity contribution in [1.82, 2.24) is 10.2 Å². The normalized spacial score (nSPS) is 33.9. The second-order valence-electron chi connectivity index (χ2n) is 4.28. The molecule has 2 aliphatic rings. The van der Waals surface area contributed by atoms with Crippen molar-refractivity contribution in [2.75, 3.05) is 20.3 Å². The van der Waals surface area contributed by atoms with Crippen LogP contribution < -0.4 is 5.32 Å². The van der Waals surface area contributed by atoms with Crippen LogP contribution in [0, 0.1) is 0 Å². The van der Waals surface area contributed by atoms with Crippen molar-refractivity contribution in [2.24, 2.45) is 0 Å². The fourth-order valence-corrected chi connectivity index (χ4v) is 2.11. The molecule has 0 spiro atoms. The molecule has 2 aliphatic heterocycles. The van der Waals surface area contributed by atoms with Gasteiger partial charge in [0, 0.05) is 13.5 Å². The van der Waals surface area contributed by atoms with Crippen LogP contribution in [0.4, 0.5) is 0 Å². The molecule has 0 saturated carbocycles. The predicted octanol–water partition coefficient (Wildman–Crippen LogP) is -1.52. The second kappa shape index (κ2) is 4.39. The third-order valence-corrected chi connectivity index (χ3v) is 3.16. The van der Waals surface area contributed by atoms with Gasteiger partial charge in [-0.1, -0.05) is 0 Å². The number of nitrogens with one attached hydrogen (secondary N) is 1. The molecule has 0 bridgehead atoms. The largest absolute Gasteiger partial charge is 0.388 e. The molecule has 2 saturated heterocycles. The lowest BCUT2D eigenvalue weighted by molar-refractivity contribution is -0.136. The zero-order chi connectivity index (χ0) is 11.7. The maximum Gasteiger partial charge on any atom is 0.245 e. The van der Waals surface area contributed by atoms with E-state index in [-0.39, 0.29) is 24.5 Å². The van der Waals surface area contributed by atoms with Crippen molar-refractivity contribution < 1.29 is 19.4 Å². The first-order valence-corrected chi connectivity index (χ1v) is 5.41. The van der Waals surface area contributed by atoms with Gasteiger partial charge in [-0.05, 0) is 6.42 Å². The van der Waals surface area contributed by atoms with Gasteiger partial charge in [-0.25, -0.2) is 0 Å². The molecule has 6 nitrogen and oxygen atoms in total. The van der Waals surface area contributed by atoms with E-state index in [9.17, 15) is 14.7 Å². The quantitative estimate of drug-likeness (QED) is 0.602. The highest BCUT2D eigenvalue weighted by Gasteiger charge is 2.37. The number of aliphatic hydroxyl groups is 1. The van der Waals surface area contributed by atoms with Crippen LogP contribution in [0.25, 0.3) is 0 Å². The number of likely N-dealkylation sites (N-methyl/N-ethyl adjacent to an activating group) is 1. The summed E-state index contributed by atoms with van der Waals surface area (Å²) in [5, 5.41) is 12.2. The summed E-state index contributed by atoms with van der Waals surface area (Å²) < 4.78 is 5.09. The van der Waals surface area contributed by atoms with E-state index < -0.39 is 12.1 Å². The van der Waals surface area contributed by atoms with E-state index in [2.05, 4.69) is 5.32 Å². The molecular weight excluding hydrogens is 212 g/mol. The van der Waals surface area contributed by atoms with Crippen molar-refractivity contribution in [1.29, 1.82) is 0 Å². The summed E-state index contributed by atoms with van der Waals surface area (Å²) in [5.74, 6) is -0.240. The third-order valence-electron chi connectivity index (χ3n) is 3.16. The monoisotopic (exact) mass is 228 g/mol. The van der Waals surface area contributed by atoms with E-state index in [4.69, 9.17) is 4.74 Å². The lowest BCUT2D eigenvalue weighted by Gasteiger charge is -2.28. The van der Waals surface area contributed by atoms with Crippen LogP contribution in [0.5, 0.6) is 0 Å². The number of hydrogen-bond acceptors (Lipinski definition) is 4. The molecule has 1 unspecified atom stereocenters. The van der Waals surface area contributed by atoms with Gasteiger partial charge in [0.05, 0.1) is 25.4 Å². The molecule has 2 rings (SSSR count). The number of rotatable bonds is 2. The Balaban J connectivity index is 1.96. The molecule has 90 valence electrons. The minimum Gasteiger partial charge on any atom is -0.388 e. The number of nitrogens with zero attached hydrogens (tertiary/aromatic N) is 1. The Bertz CT molecular complexity index is 307. The van der Waals surface area contributed by atoms with Crippen LogP contribution in [0.3, 0.4) is 0 Å². The van der Waals surface area contributed by atoms with Gasteiger partial charge in [0.1, 0.15) is 6.04 Å². The zero-order valence-electron chi connectivity index (χ0n) is 9.18. The highest BCUT2D eigenvalue weighted by molar-refractivity contribution is 5.90. The van der Waals surface area contributed by atoms with Crippen LogP contribution in [-0.2, 0) is 14.3 Å². The van der Waals surface area contributed by atoms with Crippen molar-refractivity contribution in [2.45, 2.75) is 31.0 Å². The van der Waals surface area contributed by atoms with E-state index in [0.717, 1.165) is 0 Å². The zero-order valence-corrected chi connectivity index (χ0v) is 9.18. The van der Waals surface area contributed by atoms with Gasteiger partial charge in [-0.3, -0.25) is 9.59 Å². The third kappa shape index (κ3) is 2.03. The van der Waals surface area contributed by atoms with Crippen LogP contribution in [0.2, 0.25) is 0 Å². The Kier molecular flexibility index (Phi) is 3.11. The van der Waals surface area contributed by atoms with E-state index in [0.29, 0.717) is 19.4 Å². The molecule has 16 heavy (non-hydrogen) atoms. The average molecular weight is 228 g/mol. The van der Waals surface area contributed by atoms with Crippen molar-refractivity contribution in [3.8, 4) is 0 Å². The lowest BCUT2D eigenvalue weighted by Crippen LogP contribution is -2.50. The number of amides is 2. The predicted molar refractivity (Wildman–Crippen MR) is 54.5 cm³/mol. The van der Waals surface area contributed by atoms with E-state index in [1.165, 1.54) is 4.90 Å². The van der Waals surface area contributed by atoms with Crippen molar-refractivity contribution in [3.63, 3.8) is 0 Å². The molecule has 2 fully saturated rings. The van der Waals surface area contributed by atoms with Crippen molar-refractivity contribution >= 4 is 11.8 Å². The molecule has 2 amide bonds. The summed E-state index contributed by atoms with van der Waals surface area (Å²) in [5.41, 5.74) is 0. The van der Waals surface area contributed by atoms with Gasteiger partial charge in [-0.15, -0.1) is 0 Å². The number of carbonyl (C=O) groups excluding carboxylic acids is 2. The molecule has 0 aromatic rings. The maximum absolute atomic E-state index is 12.0. The molecule has 0 radical (unpaired) electrons.